The minimum Gasteiger partial charge on any atom is -0.350 e. The lowest BCUT2D eigenvalue weighted by molar-refractivity contribution is 1.27. The molecule has 3 rings (SSSR count). The van der Waals surface area contributed by atoms with E-state index in [1.54, 1.807) is 37.2 Å². The number of imidazole rings is 3. The SMILES string of the molecule is N[Si](c1ncc[nH]1)(c1ncc[nH]1)c1ncc[nH]1. The van der Waals surface area contributed by atoms with Crippen molar-refractivity contribution in [3.63, 3.8) is 0 Å². The van der Waals surface area contributed by atoms with Crippen molar-refractivity contribution in [3.8, 4) is 0 Å². The van der Waals surface area contributed by atoms with Gasteiger partial charge in [-0.15, -0.1) is 0 Å². The molecule has 0 bridgehead atoms. The second-order valence-corrected chi connectivity index (χ2v) is 6.66. The van der Waals surface area contributed by atoms with Crippen LogP contribution in [0.3, 0.4) is 0 Å². The van der Waals surface area contributed by atoms with Crippen molar-refractivity contribution in [3.05, 3.63) is 37.2 Å². The Kier molecular flexibility index (Phi) is 2.16. The molecule has 0 aliphatic heterocycles. The first kappa shape index (κ1) is 9.99. The highest BCUT2D eigenvalue weighted by atomic mass is 28.3. The van der Waals surface area contributed by atoms with Crippen molar-refractivity contribution < 1.29 is 0 Å². The van der Waals surface area contributed by atoms with E-state index in [9.17, 15) is 0 Å². The Hall–Kier alpha value is -2.19. The molecular weight excluding hydrogens is 234 g/mol. The number of hydrogen-bond acceptors (Lipinski definition) is 4. The van der Waals surface area contributed by atoms with Crippen molar-refractivity contribution in [1.29, 1.82) is 0 Å². The molecule has 0 fully saturated rings. The van der Waals surface area contributed by atoms with Crippen LogP contribution < -0.4 is 21.7 Å². The third kappa shape index (κ3) is 1.42. The summed E-state index contributed by atoms with van der Waals surface area (Å²) in [6.07, 6.45) is 10.3. The third-order valence-corrected chi connectivity index (χ3v) is 5.68. The smallest absolute Gasteiger partial charge is 0.338 e. The quantitative estimate of drug-likeness (QED) is 0.392. The van der Waals surface area contributed by atoms with Gasteiger partial charge in [0.15, 0.2) is 0 Å². The number of rotatable bonds is 3. The summed E-state index contributed by atoms with van der Waals surface area (Å²) in [5.41, 5.74) is 2.13. The number of H-pyrrole nitrogens is 3. The Balaban J connectivity index is 2.21. The molecule has 3 aromatic heterocycles. The van der Waals surface area contributed by atoms with Crippen LogP contribution >= 0.6 is 0 Å². The number of hydrogen-bond donors (Lipinski definition) is 4. The Labute approximate surface area is 97.6 Å². The molecule has 0 aromatic carbocycles. The lowest BCUT2D eigenvalue weighted by Crippen LogP contribution is -2.77. The van der Waals surface area contributed by atoms with Crippen LogP contribution in [0.5, 0.6) is 0 Å². The molecule has 0 spiro atoms. The molecule has 7 nitrogen and oxygen atoms in total. The van der Waals surface area contributed by atoms with Crippen molar-refractivity contribution in [2.24, 2.45) is 5.40 Å². The summed E-state index contributed by atoms with van der Waals surface area (Å²) in [5.74, 6) is 0. The van der Waals surface area contributed by atoms with Crippen molar-refractivity contribution in [2.75, 3.05) is 0 Å². The Morgan fingerprint density at radius 3 is 1.35 bits per heavy atom. The predicted octanol–water partition coefficient (Wildman–Crippen LogP) is -2.22. The van der Waals surface area contributed by atoms with E-state index in [1.807, 2.05) is 0 Å². The van der Waals surface area contributed by atoms with E-state index in [4.69, 9.17) is 5.40 Å². The number of nitrogens with two attached hydrogens (primary N) is 1. The zero-order valence-corrected chi connectivity index (χ0v) is 9.88. The van der Waals surface area contributed by atoms with Gasteiger partial charge >= 0.3 is 8.24 Å². The van der Waals surface area contributed by atoms with Crippen LogP contribution in [0.15, 0.2) is 37.2 Å². The first-order valence-electron chi connectivity index (χ1n) is 5.10. The predicted molar refractivity (Wildman–Crippen MR) is 64.6 cm³/mol. The minimum absolute atomic E-state index is 0.711. The van der Waals surface area contributed by atoms with Gasteiger partial charge in [-0.1, -0.05) is 0 Å². The Morgan fingerprint density at radius 1 is 0.765 bits per heavy atom. The first-order chi connectivity index (χ1) is 8.32. The molecule has 0 saturated heterocycles. The van der Waals surface area contributed by atoms with Gasteiger partial charge in [0.05, 0.1) is 0 Å². The van der Waals surface area contributed by atoms with E-state index in [0.717, 1.165) is 0 Å². The standard InChI is InChI=1S/C9H11N7Si/c10-17(7-11-1-2-12-7,8-13-3-4-14-8)9-15-5-6-16-9/h1-6H,10H2,(H,11,12)(H,13,14)(H,15,16). The normalized spacial score (nSPS) is 11.8. The maximum absolute atomic E-state index is 6.55. The monoisotopic (exact) mass is 245 g/mol. The highest BCUT2D eigenvalue weighted by Crippen LogP contribution is 1.91. The van der Waals surface area contributed by atoms with Gasteiger partial charge in [0.25, 0.3) is 0 Å². The molecule has 0 saturated carbocycles. The fraction of sp³-hybridized carbons (Fsp3) is 0. The van der Waals surface area contributed by atoms with Gasteiger partial charge in [0.2, 0.25) is 0 Å². The average Bonchev–Trinajstić information content (AvgIpc) is 3.10. The number of nitrogens with zero attached hydrogens (tertiary/aromatic N) is 3. The van der Waals surface area contributed by atoms with Crippen LogP contribution in [-0.4, -0.2) is 38.1 Å². The van der Waals surface area contributed by atoms with E-state index in [0.29, 0.717) is 16.3 Å². The van der Waals surface area contributed by atoms with Crippen molar-refractivity contribution in [1.82, 2.24) is 29.9 Å². The summed E-state index contributed by atoms with van der Waals surface area (Å²) >= 11 is 0. The molecule has 0 aliphatic carbocycles. The molecule has 17 heavy (non-hydrogen) atoms. The van der Waals surface area contributed by atoms with E-state index >= 15 is 0 Å². The summed E-state index contributed by atoms with van der Waals surface area (Å²) in [4.78, 5) is 22.0. The van der Waals surface area contributed by atoms with Crippen LogP contribution in [0.2, 0.25) is 0 Å². The highest BCUT2D eigenvalue weighted by Gasteiger charge is 2.44. The molecule has 0 atom stereocenters. The van der Waals surface area contributed by atoms with E-state index in [2.05, 4.69) is 29.9 Å². The Bertz CT molecular complexity index is 485. The molecule has 3 aromatic rings. The third-order valence-electron chi connectivity index (χ3n) is 2.62. The maximum atomic E-state index is 6.55. The summed E-state index contributed by atoms with van der Waals surface area (Å²) < 4.78 is 0. The topological polar surface area (TPSA) is 112 Å². The number of nitrogens with one attached hydrogen (secondary N) is 3. The molecule has 5 N–H and O–H groups in total. The molecule has 3 heterocycles. The molecule has 0 unspecified atom stereocenters. The first-order valence-corrected chi connectivity index (χ1v) is 7.18. The van der Waals surface area contributed by atoms with Gasteiger partial charge in [-0.25, -0.2) is 15.0 Å². The zero-order valence-electron chi connectivity index (χ0n) is 8.88. The van der Waals surface area contributed by atoms with Crippen LogP contribution in [-0.2, 0) is 0 Å². The van der Waals surface area contributed by atoms with Crippen molar-refractivity contribution in [2.45, 2.75) is 0 Å². The van der Waals surface area contributed by atoms with E-state index in [-0.39, 0.29) is 0 Å². The van der Waals surface area contributed by atoms with Gasteiger partial charge in [-0.05, 0) is 0 Å². The van der Waals surface area contributed by atoms with Crippen LogP contribution in [0.4, 0.5) is 0 Å². The van der Waals surface area contributed by atoms with Crippen LogP contribution in [0.25, 0.3) is 0 Å². The van der Waals surface area contributed by atoms with Gasteiger partial charge in [-0.2, -0.15) is 0 Å². The molecule has 86 valence electrons. The van der Waals surface area contributed by atoms with Gasteiger partial charge in [0.1, 0.15) is 16.3 Å². The summed E-state index contributed by atoms with van der Waals surface area (Å²) in [6.45, 7) is 0. The second-order valence-electron chi connectivity index (χ2n) is 3.62. The van der Waals surface area contributed by atoms with Gasteiger partial charge in [0, 0.05) is 37.2 Å². The molecule has 8 heteroatoms. The number of aromatic nitrogens is 6. The lowest BCUT2D eigenvalue weighted by atomic mass is 11.0. The summed E-state index contributed by atoms with van der Waals surface area (Å²) in [5, 5.41) is 6.55. The van der Waals surface area contributed by atoms with Crippen molar-refractivity contribution >= 4 is 24.6 Å². The molecule has 0 aliphatic rings. The minimum atomic E-state index is -2.72. The van der Waals surface area contributed by atoms with E-state index < -0.39 is 8.24 Å². The zero-order chi connectivity index (χ0) is 11.7. The molecule has 0 amide bonds. The Morgan fingerprint density at radius 2 is 1.12 bits per heavy atom. The van der Waals surface area contributed by atoms with Gasteiger partial charge in [-0.3, -0.25) is 0 Å². The average molecular weight is 245 g/mol. The largest absolute Gasteiger partial charge is 0.350 e. The summed E-state index contributed by atoms with van der Waals surface area (Å²) in [6, 6.07) is 0. The molecular formula is C9H11N7Si. The second kappa shape index (κ2) is 3.68. The van der Waals surface area contributed by atoms with Gasteiger partial charge < -0.3 is 20.4 Å². The number of aromatic amines is 3. The van der Waals surface area contributed by atoms with Crippen LogP contribution in [0, 0.1) is 0 Å². The van der Waals surface area contributed by atoms with Crippen LogP contribution in [0.1, 0.15) is 0 Å². The maximum Gasteiger partial charge on any atom is 0.338 e. The molecule has 0 radical (unpaired) electrons. The summed E-state index contributed by atoms with van der Waals surface area (Å²) in [7, 11) is -2.72. The fourth-order valence-corrected chi connectivity index (χ4v) is 4.22. The fourth-order valence-electron chi connectivity index (χ4n) is 1.78. The highest BCUT2D eigenvalue weighted by molar-refractivity contribution is 7.06. The lowest BCUT2D eigenvalue weighted by Gasteiger charge is -2.19. The van der Waals surface area contributed by atoms with E-state index in [1.165, 1.54) is 0 Å².